The Morgan fingerprint density at radius 1 is 1.42 bits per heavy atom. The molecule has 1 aliphatic heterocycles. The van der Waals surface area contributed by atoms with Crippen molar-refractivity contribution >= 4 is 0 Å². The lowest BCUT2D eigenvalue weighted by Gasteiger charge is -2.22. The van der Waals surface area contributed by atoms with Crippen LogP contribution in [0.2, 0.25) is 0 Å². The van der Waals surface area contributed by atoms with Gasteiger partial charge in [-0.3, -0.25) is 0 Å². The highest BCUT2D eigenvalue weighted by molar-refractivity contribution is 4.69. The zero-order valence-electron chi connectivity index (χ0n) is 7.72. The van der Waals surface area contributed by atoms with Gasteiger partial charge in [-0.05, 0) is 38.8 Å². The molecule has 0 aromatic heterocycles. The smallest absolute Gasteiger partial charge is 0.0599 e. The van der Waals surface area contributed by atoms with Crippen LogP contribution in [0.4, 0.5) is 0 Å². The van der Waals surface area contributed by atoms with E-state index in [9.17, 15) is 0 Å². The van der Waals surface area contributed by atoms with Crippen molar-refractivity contribution in [3.8, 4) is 0 Å². The molecule has 0 unspecified atom stereocenters. The largest absolute Gasteiger partial charge is 0.378 e. The molecule has 70 valence electrons. The van der Waals surface area contributed by atoms with E-state index in [-0.39, 0.29) is 0 Å². The first-order valence-electron chi connectivity index (χ1n) is 4.86. The van der Waals surface area contributed by atoms with Crippen molar-refractivity contribution in [2.45, 2.75) is 31.8 Å². The molecule has 0 aromatic rings. The predicted molar refractivity (Wildman–Crippen MR) is 51.3 cm³/mol. The van der Waals surface area contributed by atoms with E-state index in [0.717, 1.165) is 32.5 Å². The third-order valence-corrected chi connectivity index (χ3v) is 2.19. The average Bonchev–Trinajstić information content (AvgIpc) is 2.14. The molecule has 1 N–H and O–H groups in total. The van der Waals surface area contributed by atoms with E-state index < -0.39 is 0 Å². The molecule has 12 heavy (non-hydrogen) atoms. The minimum Gasteiger partial charge on any atom is -0.378 e. The molecule has 0 bridgehead atoms. The number of rotatable bonds is 5. The third-order valence-electron chi connectivity index (χ3n) is 2.19. The first kappa shape index (κ1) is 9.75. The summed E-state index contributed by atoms with van der Waals surface area (Å²) in [5.41, 5.74) is 0. The molecule has 0 atom stereocenters. The number of hydrogen-bond acceptors (Lipinski definition) is 2. The van der Waals surface area contributed by atoms with Crippen molar-refractivity contribution in [1.82, 2.24) is 5.32 Å². The Hall–Kier alpha value is -0.340. The summed E-state index contributed by atoms with van der Waals surface area (Å²) in [4.78, 5) is 0. The molecule has 2 heteroatoms. The summed E-state index contributed by atoms with van der Waals surface area (Å²) in [6.45, 7) is 6.81. The molecule has 2 nitrogen and oxygen atoms in total. The van der Waals surface area contributed by atoms with Crippen molar-refractivity contribution in [2.24, 2.45) is 0 Å². The molecule has 0 aliphatic carbocycles. The molecule has 0 spiro atoms. The van der Waals surface area contributed by atoms with E-state index in [1.807, 2.05) is 6.08 Å². The van der Waals surface area contributed by atoms with Gasteiger partial charge in [-0.2, -0.15) is 0 Å². The minimum atomic E-state index is 0.510. The van der Waals surface area contributed by atoms with Crippen molar-refractivity contribution in [2.75, 3.05) is 19.7 Å². The van der Waals surface area contributed by atoms with Gasteiger partial charge in [0, 0.05) is 6.61 Å². The lowest BCUT2D eigenvalue weighted by molar-refractivity contribution is 0.0320. The molecular weight excluding hydrogens is 150 g/mol. The van der Waals surface area contributed by atoms with E-state index in [1.165, 1.54) is 12.8 Å². The standard InChI is InChI=1S/C10H19NO/c1-2-3-4-9-12-10-5-7-11-8-6-10/h2,10-11H,1,3-9H2. The third kappa shape index (κ3) is 3.88. The Labute approximate surface area is 75.0 Å². The van der Waals surface area contributed by atoms with Gasteiger partial charge in [-0.1, -0.05) is 6.08 Å². The van der Waals surface area contributed by atoms with E-state index in [0.29, 0.717) is 6.10 Å². The molecule has 1 saturated heterocycles. The molecule has 0 aromatic carbocycles. The molecule has 0 radical (unpaired) electrons. The number of unbranched alkanes of at least 4 members (excludes halogenated alkanes) is 1. The lowest BCUT2D eigenvalue weighted by Crippen LogP contribution is -2.32. The molecule has 0 amide bonds. The van der Waals surface area contributed by atoms with Gasteiger partial charge in [0.25, 0.3) is 0 Å². The fourth-order valence-corrected chi connectivity index (χ4v) is 1.44. The normalized spacial score (nSPS) is 19.3. The highest BCUT2D eigenvalue weighted by Crippen LogP contribution is 2.07. The summed E-state index contributed by atoms with van der Waals surface area (Å²) >= 11 is 0. The zero-order chi connectivity index (χ0) is 8.65. The monoisotopic (exact) mass is 169 g/mol. The molecule has 1 rings (SSSR count). The summed E-state index contributed by atoms with van der Waals surface area (Å²) in [5, 5.41) is 3.32. The van der Waals surface area contributed by atoms with Crippen molar-refractivity contribution in [3.05, 3.63) is 12.7 Å². The van der Waals surface area contributed by atoms with Gasteiger partial charge in [0.2, 0.25) is 0 Å². The molecular formula is C10H19NO. The maximum Gasteiger partial charge on any atom is 0.0599 e. The number of nitrogens with one attached hydrogen (secondary N) is 1. The first-order chi connectivity index (χ1) is 5.93. The fraction of sp³-hybridized carbons (Fsp3) is 0.800. The van der Waals surface area contributed by atoms with Crippen LogP contribution >= 0.6 is 0 Å². The van der Waals surface area contributed by atoms with Crippen molar-refractivity contribution < 1.29 is 4.74 Å². The maximum absolute atomic E-state index is 5.70. The van der Waals surface area contributed by atoms with Gasteiger partial charge in [-0.15, -0.1) is 6.58 Å². The number of piperidine rings is 1. The van der Waals surface area contributed by atoms with Crippen LogP contribution < -0.4 is 5.32 Å². The van der Waals surface area contributed by atoms with Crippen molar-refractivity contribution in [3.63, 3.8) is 0 Å². The van der Waals surface area contributed by atoms with Gasteiger partial charge in [-0.25, -0.2) is 0 Å². The predicted octanol–water partition coefficient (Wildman–Crippen LogP) is 1.72. The van der Waals surface area contributed by atoms with Gasteiger partial charge < -0.3 is 10.1 Å². The summed E-state index contributed by atoms with van der Waals surface area (Å²) in [6, 6.07) is 0. The van der Waals surface area contributed by atoms with Crippen LogP contribution in [0.25, 0.3) is 0 Å². The van der Waals surface area contributed by atoms with E-state index in [1.54, 1.807) is 0 Å². The highest BCUT2D eigenvalue weighted by Gasteiger charge is 2.11. The topological polar surface area (TPSA) is 21.3 Å². The van der Waals surface area contributed by atoms with Crippen LogP contribution in [0.5, 0.6) is 0 Å². The SMILES string of the molecule is C=CCCCOC1CCNCC1. The van der Waals surface area contributed by atoms with Crippen LogP contribution in [0.15, 0.2) is 12.7 Å². The van der Waals surface area contributed by atoms with Crippen LogP contribution in [-0.2, 0) is 4.74 Å². The highest BCUT2D eigenvalue weighted by atomic mass is 16.5. The summed E-state index contributed by atoms with van der Waals surface area (Å²) in [7, 11) is 0. The van der Waals surface area contributed by atoms with Crippen LogP contribution in [0, 0.1) is 0 Å². The Kier molecular flexibility index (Phi) is 5.04. The lowest BCUT2D eigenvalue weighted by atomic mass is 10.1. The van der Waals surface area contributed by atoms with Crippen LogP contribution in [0.3, 0.4) is 0 Å². The second kappa shape index (κ2) is 6.21. The molecule has 1 fully saturated rings. The Balaban J connectivity index is 1.94. The Morgan fingerprint density at radius 2 is 2.17 bits per heavy atom. The van der Waals surface area contributed by atoms with E-state index in [4.69, 9.17) is 4.74 Å². The van der Waals surface area contributed by atoms with Gasteiger partial charge in [0.1, 0.15) is 0 Å². The second-order valence-corrected chi connectivity index (χ2v) is 3.25. The second-order valence-electron chi connectivity index (χ2n) is 3.25. The zero-order valence-corrected chi connectivity index (χ0v) is 7.72. The molecule has 1 aliphatic rings. The number of ether oxygens (including phenoxy) is 1. The summed E-state index contributed by atoms with van der Waals surface area (Å²) < 4.78 is 5.70. The summed E-state index contributed by atoms with van der Waals surface area (Å²) in [5.74, 6) is 0. The number of allylic oxidation sites excluding steroid dienone is 1. The quantitative estimate of drug-likeness (QED) is 0.500. The molecule has 1 heterocycles. The van der Waals surface area contributed by atoms with Gasteiger partial charge in [0.05, 0.1) is 6.10 Å². The minimum absolute atomic E-state index is 0.510. The van der Waals surface area contributed by atoms with E-state index in [2.05, 4.69) is 11.9 Å². The maximum atomic E-state index is 5.70. The fourth-order valence-electron chi connectivity index (χ4n) is 1.44. The first-order valence-corrected chi connectivity index (χ1v) is 4.86. The van der Waals surface area contributed by atoms with Crippen LogP contribution in [0.1, 0.15) is 25.7 Å². The van der Waals surface area contributed by atoms with Crippen LogP contribution in [-0.4, -0.2) is 25.8 Å². The molecule has 0 saturated carbocycles. The van der Waals surface area contributed by atoms with E-state index >= 15 is 0 Å². The Bertz CT molecular complexity index is 119. The Morgan fingerprint density at radius 3 is 2.83 bits per heavy atom. The summed E-state index contributed by atoms with van der Waals surface area (Å²) in [6.07, 6.45) is 7.00. The average molecular weight is 169 g/mol. The van der Waals surface area contributed by atoms with Gasteiger partial charge >= 0.3 is 0 Å². The van der Waals surface area contributed by atoms with Gasteiger partial charge in [0.15, 0.2) is 0 Å². The van der Waals surface area contributed by atoms with Crippen molar-refractivity contribution in [1.29, 1.82) is 0 Å². The number of hydrogen-bond donors (Lipinski definition) is 1.